The number of benzene rings is 1. The first kappa shape index (κ1) is 14.5. The van der Waals surface area contributed by atoms with Gasteiger partial charge in [0.2, 0.25) is 5.91 Å². The van der Waals surface area contributed by atoms with E-state index in [1.54, 1.807) is 0 Å². The van der Waals surface area contributed by atoms with Crippen molar-refractivity contribution in [2.75, 3.05) is 6.54 Å². The van der Waals surface area contributed by atoms with Crippen LogP contribution < -0.4 is 10.6 Å². The van der Waals surface area contributed by atoms with Crippen LogP contribution in [0.3, 0.4) is 0 Å². The molecule has 0 bridgehead atoms. The molecule has 0 spiro atoms. The fraction of sp³-hybridized carbons (Fsp3) is 0.533. The average molecular weight is 325 g/mol. The van der Waals surface area contributed by atoms with Gasteiger partial charge in [-0.05, 0) is 50.9 Å². The van der Waals surface area contributed by atoms with Crippen LogP contribution in [0.4, 0.5) is 0 Å². The number of halogens is 1. The summed E-state index contributed by atoms with van der Waals surface area (Å²) < 4.78 is 1.05. The SMILES string of the molecule is CC(C)(NC(=O)C1CCCCN1)c1ccc(Br)cc1. The van der Waals surface area contributed by atoms with Crippen molar-refractivity contribution in [1.82, 2.24) is 10.6 Å². The van der Waals surface area contributed by atoms with Crippen LogP contribution in [-0.4, -0.2) is 18.5 Å². The van der Waals surface area contributed by atoms with Crippen LogP contribution in [-0.2, 0) is 10.3 Å². The summed E-state index contributed by atoms with van der Waals surface area (Å²) in [5, 5.41) is 6.43. The van der Waals surface area contributed by atoms with E-state index in [1.165, 1.54) is 6.42 Å². The van der Waals surface area contributed by atoms with Crippen molar-refractivity contribution in [3.05, 3.63) is 34.3 Å². The highest BCUT2D eigenvalue weighted by Crippen LogP contribution is 2.22. The van der Waals surface area contributed by atoms with Gasteiger partial charge in [-0.25, -0.2) is 0 Å². The molecule has 0 aliphatic carbocycles. The van der Waals surface area contributed by atoms with Crippen molar-refractivity contribution in [3.8, 4) is 0 Å². The first-order valence-electron chi connectivity index (χ1n) is 6.80. The van der Waals surface area contributed by atoms with Gasteiger partial charge in [0.1, 0.15) is 0 Å². The predicted octanol–water partition coefficient (Wildman–Crippen LogP) is 2.94. The predicted molar refractivity (Wildman–Crippen MR) is 81.0 cm³/mol. The Morgan fingerprint density at radius 1 is 1.32 bits per heavy atom. The molecule has 1 aromatic carbocycles. The van der Waals surface area contributed by atoms with Crippen LogP contribution in [0, 0.1) is 0 Å². The number of hydrogen-bond donors (Lipinski definition) is 2. The lowest BCUT2D eigenvalue weighted by Crippen LogP contribution is -2.52. The Labute approximate surface area is 123 Å². The lowest BCUT2D eigenvalue weighted by molar-refractivity contribution is -0.125. The van der Waals surface area contributed by atoms with Gasteiger partial charge in [0, 0.05) is 4.47 Å². The third-order valence-electron chi connectivity index (χ3n) is 3.63. The molecular formula is C15H21BrN2O. The number of rotatable bonds is 3. The molecule has 19 heavy (non-hydrogen) atoms. The normalized spacial score (nSPS) is 20.1. The average Bonchev–Trinajstić information content (AvgIpc) is 2.40. The monoisotopic (exact) mass is 324 g/mol. The largest absolute Gasteiger partial charge is 0.346 e. The second kappa shape index (κ2) is 6.06. The third kappa shape index (κ3) is 3.80. The van der Waals surface area contributed by atoms with Gasteiger partial charge in [0.05, 0.1) is 11.6 Å². The molecule has 2 N–H and O–H groups in total. The number of hydrogen-bond acceptors (Lipinski definition) is 2. The number of amides is 1. The van der Waals surface area contributed by atoms with E-state index in [0.717, 1.165) is 29.4 Å². The molecule has 1 fully saturated rings. The van der Waals surface area contributed by atoms with Crippen LogP contribution in [0.15, 0.2) is 28.7 Å². The molecule has 2 rings (SSSR count). The lowest BCUT2D eigenvalue weighted by atomic mass is 9.93. The molecule has 1 saturated heterocycles. The highest BCUT2D eigenvalue weighted by atomic mass is 79.9. The Hall–Kier alpha value is -0.870. The van der Waals surface area contributed by atoms with Gasteiger partial charge < -0.3 is 10.6 Å². The van der Waals surface area contributed by atoms with Crippen molar-refractivity contribution in [1.29, 1.82) is 0 Å². The molecular weight excluding hydrogens is 304 g/mol. The van der Waals surface area contributed by atoms with Crippen LogP contribution in [0.1, 0.15) is 38.7 Å². The number of piperidine rings is 1. The second-order valence-electron chi connectivity index (χ2n) is 5.62. The first-order chi connectivity index (χ1) is 8.99. The molecule has 0 radical (unpaired) electrons. The minimum Gasteiger partial charge on any atom is -0.346 e. The molecule has 0 saturated carbocycles. The molecule has 3 nitrogen and oxygen atoms in total. The van der Waals surface area contributed by atoms with E-state index in [2.05, 4.69) is 26.6 Å². The molecule has 1 unspecified atom stereocenters. The van der Waals surface area contributed by atoms with Gasteiger partial charge in [-0.2, -0.15) is 0 Å². The molecule has 4 heteroatoms. The lowest BCUT2D eigenvalue weighted by Gasteiger charge is -2.31. The molecule has 1 aliphatic rings. The van der Waals surface area contributed by atoms with Gasteiger partial charge in [-0.1, -0.05) is 34.5 Å². The van der Waals surface area contributed by atoms with E-state index in [1.807, 2.05) is 38.1 Å². The van der Waals surface area contributed by atoms with Gasteiger partial charge >= 0.3 is 0 Å². The van der Waals surface area contributed by atoms with E-state index in [-0.39, 0.29) is 17.5 Å². The Morgan fingerprint density at radius 3 is 2.58 bits per heavy atom. The van der Waals surface area contributed by atoms with E-state index in [0.29, 0.717) is 0 Å². The molecule has 1 aliphatic heterocycles. The van der Waals surface area contributed by atoms with Crippen molar-refractivity contribution in [2.45, 2.75) is 44.7 Å². The van der Waals surface area contributed by atoms with Gasteiger partial charge in [0.15, 0.2) is 0 Å². The smallest absolute Gasteiger partial charge is 0.237 e. The van der Waals surface area contributed by atoms with Crippen molar-refractivity contribution < 1.29 is 4.79 Å². The van der Waals surface area contributed by atoms with E-state index < -0.39 is 0 Å². The maximum absolute atomic E-state index is 12.3. The fourth-order valence-corrected chi connectivity index (χ4v) is 2.67. The maximum Gasteiger partial charge on any atom is 0.237 e. The zero-order valence-corrected chi connectivity index (χ0v) is 13.1. The van der Waals surface area contributed by atoms with Gasteiger partial charge in [-0.3, -0.25) is 4.79 Å². The number of carbonyl (C=O) groups excluding carboxylic acids is 1. The summed E-state index contributed by atoms with van der Waals surface area (Å²) in [6, 6.07) is 8.05. The Bertz CT molecular complexity index is 436. The number of nitrogens with one attached hydrogen (secondary N) is 2. The first-order valence-corrected chi connectivity index (χ1v) is 7.60. The summed E-state index contributed by atoms with van der Waals surface area (Å²) in [5.41, 5.74) is 0.761. The van der Waals surface area contributed by atoms with Gasteiger partial charge in [-0.15, -0.1) is 0 Å². The van der Waals surface area contributed by atoms with Crippen LogP contribution in [0.5, 0.6) is 0 Å². The second-order valence-corrected chi connectivity index (χ2v) is 6.54. The molecule has 1 amide bonds. The zero-order chi connectivity index (χ0) is 13.9. The molecule has 1 heterocycles. The van der Waals surface area contributed by atoms with Crippen molar-refractivity contribution in [2.24, 2.45) is 0 Å². The molecule has 104 valence electrons. The van der Waals surface area contributed by atoms with Crippen LogP contribution in [0.2, 0.25) is 0 Å². The summed E-state index contributed by atoms with van der Waals surface area (Å²) in [7, 11) is 0. The van der Waals surface area contributed by atoms with E-state index in [4.69, 9.17) is 0 Å². The molecule has 0 aromatic heterocycles. The van der Waals surface area contributed by atoms with Crippen LogP contribution >= 0.6 is 15.9 Å². The van der Waals surface area contributed by atoms with Crippen molar-refractivity contribution in [3.63, 3.8) is 0 Å². The van der Waals surface area contributed by atoms with Crippen LogP contribution in [0.25, 0.3) is 0 Å². The van der Waals surface area contributed by atoms with Gasteiger partial charge in [0.25, 0.3) is 0 Å². The van der Waals surface area contributed by atoms with E-state index in [9.17, 15) is 4.79 Å². The highest BCUT2D eigenvalue weighted by Gasteiger charge is 2.27. The quantitative estimate of drug-likeness (QED) is 0.897. The minimum atomic E-state index is -0.350. The Kier molecular flexibility index (Phi) is 4.63. The Balaban J connectivity index is 2.03. The molecule has 1 aromatic rings. The molecule has 1 atom stereocenters. The van der Waals surface area contributed by atoms with E-state index >= 15 is 0 Å². The maximum atomic E-state index is 12.3. The fourth-order valence-electron chi connectivity index (χ4n) is 2.41. The summed E-state index contributed by atoms with van der Waals surface area (Å²) >= 11 is 3.43. The minimum absolute atomic E-state index is 0.0385. The topological polar surface area (TPSA) is 41.1 Å². The van der Waals surface area contributed by atoms with Crippen molar-refractivity contribution >= 4 is 21.8 Å². The summed E-state index contributed by atoms with van der Waals surface area (Å²) in [4.78, 5) is 12.3. The summed E-state index contributed by atoms with van der Waals surface area (Å²) in [6.45, 7) is 5.02. The highest BCUT2D eigenvalue weighted by molar-refractivity contribution is 9.10. The summed E-state index contributed by atoms with van der Waals surface area (Å²) in [6.07, 6.45) is 3.23. The standard InChI is InChI=1S/C15H21BrN2O/c1-15(2,11-6-8-12(16)9-7-11)18-14(19)13-5-3-4-10-17-13/h6-9,13,17H,3-5,10H2,1-2H3,(H,18,19). The third-order valence-corrected chi connectivity index (χ3v) is 4.16. The number of carbonyl (C=O) groups is 1. The summed E-state index contributed by atoms with van der Waals surface area (Å²) in [5.74, 6) is 0.104. The Morgan fingerprint density at radius 2 is 2.00 bits per heavy atom. The zero-order valence-electron chi connectivity index (χ0n) is 11.5.